The van der Waals surface area contributed by atoms with E-state index in [0.29, 0.717) is 23.8 Å². The topological polar surface area (TPSA) is 59.0 Å². The standard InChI is InChI=1S/C18H20FNO4/c1-13(2)20(18(21)22)11-12-23-15-7-9-17(10-8-15)24-16-5-3-14(19)4-6-16/h3-10,13H,11-12H2,1-2H3,(H,21,22). The molecule has 0 radical (unpaired) electrons. The van der Waals surface area contributed by atoms with Crippen molar-refractivity contribution >= 4 is 6.09 Å². The van der Waals surface area contributed by atoms with E-state index in [-0.39, 0.29) is 18.5 Å². The van der Waals surface area contributed by atoms with Crippen molar-refractivity contribution in [2.24, 2.45) is 0 Å². The van der Waals surface area contributed by atoms with Crippen LogP contribution < -0.4 is 9.47 Å². The molecular weight excluding hydrogens is 313 g/mol. The highest BCUT2D eigenvalue weighted by Crippen LogP contribution is 2.24. The van der Waals surface area contributed by atoms with Crippen molar-refractivity contribution in [1.29, 1.82) is 0 Å². The minimum Gasteiger partial charge on any atom is -0.492 e. The molecule has 0 bridgehead atoms. The fraction of sp³-hybridized carbons (Fsp3) is 0.278. The molecule has 0 fully saturated rings. The molecule has 128 valence electrons. The summed E-state index contributed by atoms with van der Waals surface area (Å²) < 4.78 is 24.0. The van der Waals surface area contributed by atoms with Crippen LogP contribution >= 0.6 is 0 Å². The first-order chi connectivity index (χ1) is 11.5. The van der Waals surface area contributed by atoms with E-state index in [1.165, 1.54) is 17.0 Å². The lowest BCUT2D eigenvalue weighted by Crippen LogP contribution is -2.38. The van der Waals surface area contributed by atoms with Crippen LogP contribution in [0.25, 0.3) is 0 Å². The minimum atomic E-state index is -0.961. The highest BCUT2D eigenvalue weighted by molar-refractivity contribution is 5.65. The lowest BCUT2D eigenvalue weighted by molar-refractivity contribution is 0.121. The van der Waals surface area contributed by atoms with E-state index < -0.39 is 6.09 Å². The van der Waals surface area contributed by atoms with Crippen molar-refractivity contribution in [3.05, 3.63) is 54.3 Å². The van der Waals surface area contributed by atoms with Crippen molar-refractivity contribution in [3.63, 3.8) is 0 Å². The van der Waals surface area contributed by atoms with E-state index in [4.69, 9.17) is 14.6 Å². The summed E-state index contributed by atoms with van der Waals surface area (Å²) in [6, 6.07) is 12.6. The average molecular weight is 333 g/mol. The monoisotopic (exact) mass is 333 g/mol. The molecule has 0 atom stereocenters. The van der Waals surface area contributed by atoms with Crippen LogP contribution in [0.2, 0.25) is 0 Å². The number of rotatable bonds is 7. The van der Waals surface area contributed by atoms with Crippen LogP contribution in [0.5, 0.6) is 17.2 Å². The van der Waals surface area contributed by atoms with Gasteiger partial charge in [-0.2, -0.15) is 0 Å². The molecule has 1 amide bonds. The summed E-state index contributed by atoms with van der Waals surface area (Å²) >= 11 is 0. The molecule has 5 nitrogen and oxygen atoms in total. The third-order valence-corrected chi connectivity index (χ3v) is 3.34. The second-order valence-electron chi connectivity index (χ2n) is 5.45. The maximum atomic E-state index is 12.8. The Bertz CT molecular complexity index is 656. The van der Waals surface area contributed by atoms with Crippen molar-refractivity contribution in [2.75, 3.05) is 13.2 Å². The van der Waals surface area contributed by atoms with E-state index >= 15 is 0 Å². The van der Waals surface area contributed by atoms with Gasteiger partial charge in [-0.05, 0) is 62.4 Å². The third-order valence-electron chi connectivity index (χ3n) is 3.34. The average Bonchev–Trinajstić information content (AvgIpc) is 2.54. The molecular formula is C18H20FNO4. The summed E-state index contributed by atoms with van der Waals surface area (Å²) in [5, 5.41) is 9.06. The molecule has 0 saturated carbocycles. The Morgan fingerprint density at radius 3 is 2.04 bits per heavy atom. The van der Waals surface area contributed by atoms with E-state index in [1.54, 1.807) is 36.4 Å². The van der Waals surface area contributed by atoms with Crippen molar-refractivity contribution in [1.82, 2.24) is 4.90 Å². The molecule has 0 aliphatic carbocycles. The van der Waals surface area contributed by atoms with Gasteiger partial charge >= 0.3 is 6.09 Å². The number of ether oxygens (including phenoxy) is 2. The second-order valence-corrected chi connectivity index (χ2v) is 5.45. The number of hydrogen-bond donors (Lipinski definition) is 1. The predicted octanol–water partition coefficient (Wildman–Crippen LogP) is 4.39. The van der Waals surface area contributed by atoms with Gasteiger partial charge in [0.2, 0.25) is 0 Å². The Labute approximate surface area is 140 Å². The number of carboxylic acid groups (broad SMARTS) is 1. The quantitative estimate of drug-likeness (QED) is 0.816. The summed E-state index contributed by atoms with van der Waals surface area (Å²) in [7, 11) is 0. The van der Waals surface area contributed by atoms with Crippen molar-refractivity contribution < 1.29 is 23.8 Å². The highest BCUT2D eigenvalue weighted by Gasteiger charge is 2.14. The summed E-state index contributed by atoms with van der Waals surface area (Å²) in [4.78, 5) is 12.4. The minimum absolute atomic E-state index is 0.0995. The predicted molar refractivity (Wildman–Crippen MR) is 88.3 cm³/mol. The normalized spacial score (nSPS) is 10.5. The van der Waals surface area contributed by atoms with Gasteiger partial charge in [-0.25, -0.2) is 9.18 Å². The highest BCUT2D eigenvalue weighted by atomic mass is 19.1. The van der Waals surface area contributed by atoms with E-state index in [9.17, 15) is 9.18 Å². The summed E-state index contributed by atoms with van der Waals surface area (Å²) in [6.45, 7) is 4.19. The lowest BCUT2D eigenvalue weighted by Gasteiger charge is -2.23. The van der Waals surface area contributed by atoms with Crippen LogP contribution in [0.15, 0.2) is 48.5 Å². The zero-order valence-electron chi connectivity index (χ0n) is 13.6. The molecule has 2 aromatic rings. The van der Waals surface area contributed by atoms with Crippen LogP contribution in [0.3, 0.4) is 0 Å². The molecule has 0 saturated heterocycles. The van der Waals surface area contributed by atoms with Crippen LogP contribution in [0, 0.1) is 5.82 Å². The van der Waals surface area contributed by atoms with Gasteiger partial charge in [0, 0.05) is 6.04 Å². The largest absolute Gasteiger partial charge is 0.492 e. The molecule has 0 aliphatic rings. The number of halogens is 1. The Morgan fingerprint density at radius 1 is 1.04 bits per heavy atom. The number of nitrogens with zero attached hydrogens (tertiary/aromatic N) is 1. The molecule has 2 aromatic carbocycles. The summed E-state index contributed by atoms with van der Waals surface area (Å²) in [6.07, 6.45) is -0.961. The van der Waals surface area contributed by atoms with Gasteiger partial charge in [-0.1, -0.05) is 0 Å². The van der Waals surface area contributed by atoms with Crippen LogP contribution in [0.4, 0.5) is 9.18 Å². The fourth-order valence-corrected chi connectivity index (χ4v) is 2.08. The first kappa shape index (κ1) is 17.6. The first-order valence-electron chi connectivity index (χ1n) is 7.61. The smallest absolute Gasteiger partial charge is 0.407 e. The van der Waals surface area contributed by atoms with Crippen molar-refractivity contribution in [2.45, 2.75) is 19.9 Å². The SMILES string of the molecule is CC(C)N(CCOc1ccc(Oc2ccc(F)cc2)cc1)C(=O)O. The molecule has 0 spiro atoms. The van der Waals surface area contributed by atoms with Crippen LogP contribution in [0.1, 0.15) is 13.8 Å². The van der Waals surface area contributed by atoms with Gasteiger partial charge in [0.1, 0.15) is 29.7 Å². The summed E-state index contributed by atoms with van der Waals surface area (Å²) in [5.41, 5.74) is 0. The van der Waals surface area contributed by atoms with E-state index in [2.05, 4.69) is 0 Å². The number of carbonyl (C=O) groups is 1. The van der Waals surface area contributed by atoms with Gasteiger partial charge in [0.15, 0.2) is 0 Å². The first-order valence-corrected chi connectivity index (χ1v) is 7.61. The van der Waals surface area contributed by atoms with Gasteiger partial charge in [0.05, 0.1) is 6.54 Å². The number of benzene rings is 2. The Balaban J connectivity index is 1.85. The fourth-order valence-electron chi connectivity index (χ4n) is 2.08. The van der Waals surface area contributed by atoms with Crippen LogP contribution in [-0.2, 0) is 0 Å². The number of amides is 1. The maximum absolute atomic E-state index is 12.8. The van der Waals surface area contributed by atoms with Gasteiger partial charge in [-0.3, -0.25) is 0 Å². The lowest BCUT2D eigenvalue weighted by atomic mass is 10.3. The van der Waals surface area contributed by atoms with Gasteiger partial charge in [-0.15, -0.1) is 0 Å². The maximum Gasteiger partial charge on any atom is 0.407 e. The van der Waals surface area contributed by atoms with Crippen molar-refractivity contribution in [3.8, 4) is 17.2 Å². The third kappa shape index (κ3) is 5.15. The molecule has 0 aromatic heterocycles. The Kier molecular flexibility index (Phi) is 6.01. The zero-order chi connectivity index (χ0) is 17.5. The van der Waals surface area contributed by atoms with E-state index in [1.807, 2.05) is 13.8 Å². The molecule has 2 rings (SSSR count). The molecule has 1 N–H and O–H groups in total. The zero-order valence-corrected chi connectivity index (χ0v) is 13.6. The van der Waals surface area contributed by atoms with E-state index in [0.717, 1.165) is 0 Å². The number of hydrogen-bond acceptors (Lipinski definition) is 3. The Morgan fingerprint density at radius 2 is 1.54 bits per heavy atom. The molecule has 0 unspecified atom stereocenters. The molecule has 0 aliphatic heterocycles. The molecule has 0 heterocycles. The summed E-state index contributed by atoms with van der Waals surface area (Å²) in [5.74, 6) is 1.45. The Hall–Kier alpha value is -2.76. The second kappa shape index (κ2) is 8.19. The molecule has 6 heteroatoms. The molecule has 24 heavy (non-hydrogen) atoms. The van der Waals surface area contributed by atoms with Crippen LogP contribution in [-0.4, -0.2) is 35.3 Å². The van der Waals surface area contributed by atoms with Gasteiger partial charge in [0.25, 0.3) is 0 Å². The van der Waals surface area contributed by atoms with Gasteiger partial charge < -0.3 is 19.5 Å².